The van der Waals surface area contributed by atoms with E-state index < -0.39 is 0 Å². The van der Waals surface area contributed by atoms with Crippen LogP contribution < -0.4 is 34.6 Å². The van der Waals surface area contributed by atoms with Crippen molar-refractivity contribution in [3.05, 3.63) is 0 Å². The average Bonchev–Trinajstić information content (AvgIpc) is 2.27. The van der Waals surface area contributed by atoms with Gasteiger partial charge in [0.25, 0.3) is 0 Å². The maximum Gasteiger partial charge on any atom is 0.127 e. The van der Waals surface area contributed by atoms with Gasteiger partial charge in [0.2, 0.25) is 0 Å². The van der Waals surface area contributed by atoms with Gasteiger partial charge in [-0.2, -0.15) is 0 Å². The molecule has 114 valence electrons. The fourth-order valence-corrected chi connectivity index (χ4v) is 2.52. The van der Waals surface area contributed by atoms with Crippen molar-refractivity contribution in [3.8, 4) is 0 Å². The third-order valence-corrected chi connectivity index (χ3v) is 3.25. The Balaban J connectivity index is -0.00000112. The molecule has 0 aliphatic carbocycles. The third-order valence-electron chi connectivity index (χ3n) is 3.25. The van der Waals surface area contributed by atoms with Crippen LogP contribution in [0.5, 0.6) is 0 Å². The van der Waals surface area contributed by atoms with Crippen molar-refractivity contribution < 1.29 is 34.6 Å². The van der Waals surface area contributed by atoms with Gasteiger partial charge in [-0.25, -0.2) is 0 Å². The Morgan fingerprint density at radius 2 is 0.667 bits per heavy atom. The molecule has 0 aliphatic heterocycles. The van der Waals surface area contributed by atoms with Crippen LogP contribution in [0.25, 0.3) is 0 Å². The molecule has 0 saturated carbocycles. The molecule has 0 bridgehead atoms. The lowest BCUT2D eigenvalue weighted by molar-refractivity contribution is -0.957. The number of hydrogen-bond donors (Lipinski definition) is 2. The molecular formula is C14H34Cl2N2. The predicted octanol–water partition coefficient (Wildman–Crippen LogP) is -5.60. The summed E-state index contributed by atoms with van der Waals surface area (Å²) in [6.07, 6.45) is 5.30. The number of hydrogen-bond acceptors (Lipinski definition) is 0. The molecular weight excluding hydrogens is 267 g/mol. The molecule has 0 atom stereocenters. The van der Waals surface area contributed by atoms with E-state index in [1.54, 1.807) is 0 Å². The second-order valence-electron chi connectivity index (χ2n) is 5.00. The van der Waals surface area contributed by atoms with Gasteiger partial charge in [0, 0.05) is 0 Å². The van der Waals surface area contributed by atoms with Crippen molar-refractivity contribution in [1.82, 2.24) is 0 Å². The number of nitrogens with one attached hydrogen (secondary N) is 2. The Labute approximate surface area is 127 Å². The summed E-state index contributed by atoms with van der Waals surface area (Å²) in [4.78, 5) is 3.63. The summed E-state index contributed by atoms with van der Waals surface area (Å²) in [5, 5.41) is 0. The topological polar surface area (TPSA) is 8.88 Å². The van der Waals surface area contributed by atoms with Crippen molar-refractivity contribution >= 4 is 0 Å². The van der Waals surface area contributed by atoms with E-state index in [-0.39, 0.29) is 24.8 Å². The minimum Gasteiger partial charge on any atom is -1.00 e. The fraction of sp³-hybridized carbons (Fsp3) is 1.00. The Bertz CT molecular complexity index is 118. The predicted molar refractivity (Wildman–Crippen MR) is 72.3 cm³/mol. The van der Waals surface area contributed by atoms with Crippen molar-refractivity contribution in [2.24, 2.45) is 0 Å². The summed E-state index contributed by atoms with van der Waals surface area (Å²) >= 11 is 0. The van der Waals surface area contributed by atoms with Crippen LogP contribution in [-0.2, 0) is 0 Å². The van der Waals surface area contributed by atoms with Crippen molar-refractivity contribution in [2.75, 3.05) is 39.3 Å². The van der Waals surface area contributed by atoms with Crippen LogP contribution in [0.3, 0.4) is 0 Å². The van der Waals surface area contributed by atoms with Gasteiger partial charge in [0.15, 0.2) is 0 Å². The molecule has 0 rings (SSSR count). The fourth-order valence-electron chi connectivity index (χ4n) is 2.52. The summed E-state index contributed by atoms with van der Waals surface area (Å²) in [6, 6.07) is 0. The van der Waals surface area contributed by atoms with Gasteiger partial charge in [0.1, 0.15) is 13.1 Å². The SMILES string of the molecule is CCC[NH+](CCC)CC[NH+](CCC)CCC.[Cl-].[Cl-]. The first-order valence-corrected chi connectivity index (χ1v) is 7.45. The Kier molecular flexibility index (Phi) is 22.9. The van der Waals surface area contributed by atoms with Gasteiger partial charge in [-0.3, -0.25) is 0 Å². The van der Waals surface area contributed by atoms with Gasteiger partial charge < -0.3 is 34.6 Å². The number of quaternary nitrogens is 2. The quantitative estimate of drug-likeness (QED) is 0.377. The highest BCUT2D eigenvalue weighted by Gasteiger charge is 2.11. The molecule has 2 N–H and O–H groups in total. The number of halogens is 2. The highest BCUT2D eigenvalue weighted by Crippen LogP contribution is 1.71. The van der Waals surface area contributed by atoms with Crippen LogP contribution in [0.2, 0.25) is 0 Å². The van der Waals surface area contributed by atoms with E-state index in [0.29, 0.717) is 0 Å². The van der Waals surface area contributed by atoms with Gasteiger partial charge in [-0.05, 0) is 25.7 Å². The molecule has 18 heavy (non-hydrogen) atoms. The van der Waals surface area contributed by atoms with Gasteiger partial charge in [-0.15, -0.1) is 0 Å². The lowest BCUT2D eigenvalue weighted by atomic mass is 10.3. The molecule has 0 aromatic heterocycles. The van der Waals surface area contributed by atoms with E-state index in [0.717, 1.165) is 0 Å². The monoisotopic (exact) mass is 300 g/mol. The average molecular weight is 301 g/mol. The summed E-state index contributed by atoms with van der Waals surface area (Å²) < 4.78 is 0. The van der Waals surface area contributed by atoms with E-state index >= 15 is 0 Å². The van der Waals surface area contributed by atoms with Crippen LogP contribution in [0, 0.1) is 0 Å². The molecule has 0 aliphatic rings. The highest BCUT2D eigenvalue weighted by molar-refractivity contribution is 4.33. The van der Waals surface area contributed by atoms with E-state index in [1.165, 1.54) is 65.0 Å². The molecule has 0 amide bonds. The zero-order valence-electron chi connectivity index (χ0n) is 12.8. The van der Waals surface area contributed by atoms with E-state index in [9.17, 15) is 0 Å². The second-order valence-corrected chi connectivity index (χ2v) is 5.00. The molecule has 0 heterocycles. The normalized spacial score (nSPS) is 10.3. The van der Waals surface area contributed by atoms with Crippen LogP contribution in [0.15, 0.2) is 0 Å². The third kappa shape index (κ3) is 12.9. The molecule has 0 aromatic carbocycles. The molecule has 0 aromatic rings. The van der Waals surface area contributed by atoms with Crippen LogP contribution >= 0.6 is 0 Å². The van der Waals surface area contributed by atoms with Gasteiger partial charge in [0.05, 0.1) is 26.2 Å². The minimum absolute atomic E-state index is 0. The first-order valence-electron chi connectivity index (χ1n) is 7.45. The van der Waals surface area contributed by atoms with E-state index in [2.05, 4.69) is 27.7 Å². The Morgan fingerprint density at radius 1 is 0.444 bits per heavy atom. The smallest absolute Gasteiger partial charge is 0.127 e. The first-order chi connectivity index (χ1) is 7.78. The van der Waals surface area contributed by atoms with Crippen molar-refractivity contribution in [3.63, 3.8) is 0 Å². The van der Waals surface area contributed by atoms with Gasteiger partial charge in [-0.1, -0.05) is 27.7 Å². The first kappa shape index (κ1) is 23.6. The van der Waals surface area contributed by atoms with Gasteiger partial charge >= 0.3 is 0 Å². The highest BCUT2D eigenvalue weighted by atomic mass is 35.5. The number of rotatable bonds is 11. The molecule has 0 fully saturated rings. The second kappa shape index (κ2) is 17.5. The lowest BCUT2D eigenvalue weighted by Crippen LogP contribution is -3.20. The Morgan fingerprint density at radius 3 is 0.833 bits per heavy atom. The van der Waals surface area contributed by atoms with Crippen molar-refractivity contribution in [1.29, 1.82) is 0 Å². The van der Waals surface area contributed by atoms with Crippen LogP contribution in [0.4, 0.5) is 0 Å². The minimum atomic E-state index is 0. The standard InChI is InChI=1S/C14H32N2.2ClH/c1-5-9-15(10-6-2)13-14-16(11-7-3)12-8-4;;/h5-14H2,1-4H3;2*1H. The summed E-state index contributed by atoms with van der Waals surface area (Å²) in [6.45, 7) is 17.4. The summed E-state index contributed by atoms with van der Waals surface area (Å²) in [5.41, 5.74) is 0. The molecule has 4 heteroatoms. The zero-order valence-corrected chi connectivity index (χ0v) is 14.3. The Hall–Kier alpha value is 0.500. The molecule has 2 nitrogen and oxygen atoms in total. The largest absolute Gasteiger partial charge is 1.00 e. The zero-order chi connectivity index (χ0) is 12.2. The van der Waals surface area contributed by atoms with Crippen LogP contribution in [-0.4, -0.2) is 39.3 Å². The van der Waals surface area contributed by atoms with E-state index in [4.69, 9.17) is 0 Å². The van der Waals surface area contributed by atoms with Crippen molar-refractivity contribution in [2.45, 2.75) is 53.4 Å². The maximum atomic E-state index is 2.30. The van der Waals surface area contributed by atoms with Crippen LogP contribution in [0.1, 0.15) is 53.4 Å². The lowest BCUT2D eigenvalue weighted by Gasteiger charge is -2.22. The van der Waals surface area contributed by atoms with E-state index in [1.807, 2.05) is 9.80 Å². The molecule has 0 unspecified atom stereocenters. The molecule has 0 spiro atoms. The molecule has 0 saturated heterocycles. The summed E-state index contributed by atoms with van der Waals surface area (Å²) in [5.74, 6) is 0. The summed E-state index contributed by atoms with van der Waals surface area (Å²) in [7, 11) is 0. The maximum absolute atomic E-state index is 2.30. The molecule has 0 radical (unpaired) electrons.